The Morgan fingerprint density at radius 2 is 1.68 bits per heavy atom. The number of carbonyl (C=O) groups is 2. The molecule has 1 amide bonds. The smallest absolute Gasteiger partial charge is 0.338 e. The van der Waals surface area contributed by atoms with Crippen molar-refractivity contribution in [2.75, 3.05) is 19.0 Å². The lowest BCUT2D eigenvalue weighted by molar-refractivity contribution is -0.383. The van der Waals surface area contributed by atoms with Crippen LogP contribution in [0.4, 0.5) is 11.4 Å². The highest BCUT2D eigenvalue weighted by molar-refractivity contribution is 6.31. The Hall–Kier alpha value is -3.82. The topological polar surface area (TPSA) is 117 Å². The lowest BCUT2D eigenvalue weighted by Gasteiger charge is -2.12. The number of anilines is 1. The van der Waals surface area contributed by atoms with Crippen LogP contribution in [0, 0.1) is 10.1 Å². The summed E-state index contributed by atoms with van der Waals surface area (Å²) >= 11 is 11.7. The molecule has 0 heterocycles. The molecule has 3 rings (SSSR count). The Bertz CT molecular complexity index is 1220. The van der Waals surface area contributed by atoms with Crippen LogP contribution >= 0.6 is 23.2 Å². The maximum absolute atomic E-state index is 12.4. The van der Waals surface area contributed by atoms with Crippen molar-refractivity contribution in [3.05, 3.63) is 92.0 Å². The third kappa shape index (κ3) is 6.60. The second kappa shape index (κ2) is 11.4. The molecule has 176 valence electrons. The van der Waals surface area contributed by atoms with Crippen molar-refractivity contribution in [3.63, 3.8) is 0 Å². The van der Waals surface area contributed by atoms with E-state index in [9.17, 15) is 19.7 Å². The number of benzene rings is 3. The van der Waals surface area contributed by atoms with Crippen molar-refractivity contribution in [2.45, 2.75) is 6.61 Å². The molecule has 0 fully saturated rings. The number of ether oxygens (including phenoxy) is 3. The van der Waals surface area contributed by atoms with Crippen molar-refractivity contribution in [1.82, 2.24) is 0 Å². The molecule has 0 aliphatic rings. The van der Waals surface area contributed by atoms with Gasteiger partial charge in [0.25, 0.3) is 11.6 Å². The Labute approximate surface area is 204 Å². The van der Waals surface area contributed by atoms with Crippen LogP contribution in [0.5, 0.6) is 11.5 Å². The Morgan fingerprint density at radius 3 is 2.35 bits per heavy atom. The number of nitro benzene ring substituents is 1. The zero-order valence-corrected chi connectivity index (χ0v) is 19.3. The van der Waals surface area contributed by atoms with Gasteiger partial charge in [0, 0.05) is 16.1 Å². The number of carbonyl (C=O) groups excluding carboxylic acids is 2. The Morgan fingerprint density at radius 1 is 0.971 bits per heavy atom. The standard InChI is InChI=1S/C23H18Cl2N2O7/c1-32-21-10-15(4-9-20(21)33-12-14-2-5-16(24)6-3-14)23(29)34-13-22(28)26-18-11-17(25)7-8-19(18)27(30)31/h2-11H,12-13H2,1H3,(H,26,28). The summed E-state index contributed by atoms with van der Waals surface area (Å²) in [5.74, 6) is -0.866. The molecule has 3 aromatic rings. The summed E-state index contributed by atoms with van der Waals surface area (Å²) in [5, 5.41) is 14.2. The zero-order chi connectivity index (χ0) is 24.7. The molecule has 0 radical (unpaired) electrons. The number of esters is 1. The van der Waals surface area contributed by atoms with E-state index in [1.165, 1.54) is 31.4 Å². The van der Waals surface area contributed by atoms with Crippen molar-refractivity contribution in [3.8, 4) is 11.5 Å². The minimum absolute atomic E-state index is 0.109. The van der Waals surface area contributed by atoms with E-state index in [4.69, 9.17) is 37.4 Å². The molecule has 0 bridgehead atoms. The molecule has 0 atom stereocenters. The molecule has 1 N–H and O–H groups in total. The first-order chi connectivity index (χ1) is 16.3. The van der Waals surface area contributed by atoms with Crippen LogP contribution in [-0.4, -0.2) is 30.5 Å². The van der Waals surface area contributed by atoms with Gasteiger partial charge < -0.3 is 19.5 Å². The molecule has 0 aliphatic carbocycles. The highest BCUT2D eigenvalue weighted by atomic mass is 35.5. The van der Waals surface area contributed by atoms with Crippen molar-refractivity contribution in [1.29, 1.82) is 0 Å². The van der Waals surface area contributed by atoms with E-state index in [2.05, 4.69) is 5.32 Å². The van der Waals surface area contributed by atoms with Gasteiger partial charge in [-0.15, -0.1) is 0 Å². The monoisotopic (exact) mass is 504 g/mol. The molecule has 0 aromatic heterocycles. The fourth-order valence-corrected chi connectivity index (χ4v) is 3.12. The minimum Gasteiger partial charge on any atom is -0.493 e. The molecule has 0 aliphatic heterocycles. The van der Waals surface area contributed by atoms with Crippen LogP contribution in [0.25, 0.3) is 0 Å². The summed E-state index contributed by atoms with van der Waals surface area (Å²) in [6, 6.07) is 15.3. The number of hydrogen-bond acceptors (Lipinski definition) is 7. The number of methoxy groups -OCH3 is 1. The number of halogens is 2. The average Bonchev–Trinajstić information content (AvgIpc) is 2.82. The second-order valence-corrected chi connectivity index (χ2v) is 7.70. The third-order valence-electron chi connectivity index (χ3n) is 4.47. The van der Waals surface area contributed by atoms with Crippen LogP contribution in [0.1, 0.15) is 15.9 Å². The summed E-state index contributed by atoms with van der Waals surface area (Å²) in [5.41, 5.74) is 0.559. The third-order valence-corrected chi connectivity index (χ3v) is 4.96. The zero-order valence-electron chi connectivity index (χ0n) is 17.7. The van der Waals surface area contributed by atoms with Crippen LogP contribution in [0.3, 0.4) is 0 Å². The lowest BCUT2D eigenvalue weighted by atomic mass is 10.2. The maximum Gasteiger partial charge on any atom is 0.338 e. The van der Waals surface area contributed by atoms with Gasteiger partial charge in [0.1, 0.15) is 12.3 Å². The summed E-state index contributed by atoms with van der Waals surface area (Å²) in [7, 11) is 1.42. The van der Waals surface area contributed by atoms with Gasteiger partial charge in [-0.3, -0.25) is 14.9 Å². The van der Waals surface area contributed by atoms with Crippen molar-refractivity contribution in [2.24, 2.45) is 0 Å². The largest absolute Gasteiger partial charge is 0.493 e. The van der Waals surface area contributed by atoms with Crippen LogP contribution in [-0.2, 0) is 16.1 Å². The van der Waals surface area contributed by atoms with Crippen molar-refractivity contribution >= 4 is 46.5 Å². The molecular weight excluding hydrogens is 487 g/mol. The molecule has 0 saturated carbocycles. The first-order valence-electron chi connectivity index (χ1n) is 9.73. The highest BCUT2D eigenvalue weighted by Crippen LogP contribution is 2.30. The van der Waals surface area contributed by atoms with E-state index >= 15 is 0 Å². The maximum atomic E-state index is 12.4. The van der Waals surface area contributed by atoms with Gasteiger partial charge in [-0.1, -0.05) is 35.3 Å². The van der Waals surface area contributed by atoms with Gasteiger partial charge >= 0.3 is 5.97 Å². The first-order valence-corrected chi connectivity index (χ1v) is 10.5. The minimum atomic E-state index is -0.793. The van der Waals surface area contributed by atoms with E-state index in [1.807, 2.05) is 12.1 Å². The molecule has 0 unspecified atom stereocenters. The summed E-state index contributed by atoms with van der Waals surface area (Å²) in [6.45, 7) is -0.410. The SMILES string of the molecule is COc1cc(C(=O)OCC(=O)Nc2cc(Cl)ccc2[N+](=O)[O-])ccc1OCc1ccc(Cl)cc1. The summed E-state index contributed by atoms with van der Waals surface area (Å²) < 4.78 is 16.0. The molecule has 11 heteroatoms. The number of amides is 1. The molecule has 0 spiro atoms. The van der Waals surface area contributed by atoms with Gasteiger partial charge in [0.05, 0.1) is 17.6 Å². The number of rotatable bonds is 9. The second-order valence-electron chi connectivity index (χ2n) is 6.82. The predicted octanol–water partition coefficient (Wildman–Crippen LogP) is 5.28. The molecule has 0 saturated heterocycles. The quantitative estimate of drug-likeness (QED) is 0.239. The Balaban J connectivity index is 1.60. The van der Waals surface area contributed by atoms with Crippen LogP contribution in [0.15, 0.2) is 60.7 Å². The lowest BCUT2D eigenvalue weighted by Crippen LogP contribution is -2.21. The number of nitro groups is 1. The average molecular weight is 505 g/mol. The normalized spacial score (nSPS) is 10.3. The van der Waals surface area contributed by atoms with Gasteiger partial charge in [-0.2, -0.15) is 0 Å². The fraction of sp³-hybridized carbons (Fsp3) is 0.130. The van der Waals surface area contributed by atoms with E-state index < -0.39 is 23.4 Å². The van der Waals surface area contributed by atoms with E-state index in [0.717, 1.165) is 11.6 Å². The van der Waals surface area contributed by atoms with Crippen LogP contribution in [0.2, 0.25) is 10.0 Å². The van der Waals surface area contributed by atoms with Crippen LogP contribution < -0.4 is 14.8 Å². The van der Waals surface area contributed by atoms with Gasteiger partial charge in [0.2, 0.25) is 0 Å². The van der Waals surface area contributed by atoms with E-state index in [1.54, 1.807) is 18.2 Å². The van der Waals surface area contributed by atoms with Crippen molar-refractivity contribution < 1.29 is 28.7 Å². The number of nitrogens with one attached hydrogen (secondary N) is 1. The van der Waals surface area contributed by atoms with Gasteiger partial charge in [-0.25, -0.2) is 4.79 Å². The molecule has 9 nitrogen and oxygen atoms in total. The highest BCUT2D eigenvalue weighted by Gasteiger charge is 2.18. The van der Waals surface area contributed by atoms with E-state index in [0.29, 0.717) is 16.5 Å². The Kier molecular flexibility index (Phi) is 8.29. The molecule has 3 aromatic carbocycles. The number of nitrogens with zero attached hydrogens (tertiary/aromatic N) is 1. The molecular formula is C23H18Cl2N2O7. The van der Waals surface area contributed by atoms with Gasteiger partial charge in [-0.05, 0) is 48.0 Å². The fourth-order valence-electron chi connectivity index (χ4n) is 2.82. The van der Waals surface area contributed by atoms with E-state index in [-0.39, 0.29) is 28.6 Å². The summed E-state index contributed by atoms with van der Waals surface area (Å²) in [4.78, 5) is 35.0. The van der Waals surface area contributed by atoms with Gasteiger partial charge in [0.15, 0.2) is 18.1 Å². The summed E-state index contributed by atoms with van der Waals surface area (Å²) in [6.07, 6.45) is 0. The number of hydrogen-bond donors (Lipinski definition) is 1. The first kappa shape index (κ1) is 24.8. The predicted molar refractivity (Wildman–Crippen MR) is 126 cm³/mol. The molecule has 34 heavy (non-hydrogen) atoms.